The highest BCUT2D eigenvalue weighted by atomic mass is 79.9. The molecular formula is C23H17BrN2O. The molecule has 1 aliphatic heterocycles. The van der Waals surface area contributed by atoms with Crippen molar-refractivity contribution in [1.29, 1.82) is 0 Å². The quantitative estimate of drug-likeness (QED) is 0.512. The number of carbonyl (C=O) groups is 1. The van der Waals surface area contributed by atoms with E-state index in [0.29, 0.717) is 11.5 Å². The van der Waals surface area contributed by atoms with Crippen LogP contribution in [-0.4, -0.2) is 11.7 Å². The van der Waals surface area contributed by atoms with E-state index in [9.17, 15) is 4.79 Å². The van der Waals surface area contributed by atoms with E-state index >= 15 is 0 Å². The Morgan fingerprint density at radius 2 is 1.56 bits per heavy atom. The fourth-order valence-corrected chi connectivity index (χ4v) is 3.21. The number of amidine groups is 1. The monoisotopic (exact) mass is 416 g/mol. The molecular weight excluding hydrogens is 400 g/mol. The fraction of sp³-hybridized carbons (Fsp3) is 0.0435. The molecule has 1 heterocycles. The smallest absolute Gasteiger partial charge is 0.266 e. The summed E-state index contributed by atoms with van der Waals surface area (Å²) >= 11 is 3.45. The van der Waals surface area contributed by atoms with Gasteiger partial charge in [0.05, 0.1) is 5.69 Å². The van der Waals surface area contributed by atoms with Crippen LogP contribution >= 0.6 is 15.9 Å². The lowest BCUT2D eigenvalue weighted by atomic mass is 10.1. The van der Waals surface area contributed by atoms with Gasteiger partial charge in [0.1, 0.15) is 11.5 Å². The minimum atomic E-state index is -0.128. The zero-order chi connectivity index (χ0) is 18.8. The number of hydrogen-bond donors (Lipinski definition) is 0. The van der Waals surface area contributed by atoms with Gasteiger partial charge in [0.25, 0.3) is 5.91 Å². The maximum Gasteiger partial charge on any atom is 0.282 e. The van der Waals surface area contributed by atoms with Gasteiger partial charge in [-0.05, 0) is 42.8 Å². The molecule has 1 amide bonds. The number of aliphatic imine (C=N–C) groups is 1. The number of aryl methyl sites for hydroxylation is 1. The molecule has 3 aromatic rings. The van der Waals surface area contributed by atoms with Gasteiger partial charge in [0.15, 0.2) is 0 Å². The van der Waals surface area contributed by atoms with Gasteiger partial charge in [0, 0.05) is 10.0 Å². The van der Waals surface area contributed by atoms with Gasteiger partial charge in [-0.25, -0.2) is 4.99 Å². The van der Waals surface area contributed by atoms with Crippen LogP contribution in [0, 0.1) is 6.92 Å². The first-order valence-corrected chi connectivity index (χ1v) is 9.43. The lowest BCUT2D eigenvalue weighted by Gasteiger charge is -2.18. The summed E-state index contributed by atoms with van der Waals surface area (Å²) in [5.41, 5.74) is 4.25. The van der Waals surface area contributed by atoms with Crippen LogP contribution in [0.5, 0.6) is 0 Å². The Hall–Kier alpha value is -2.98. The lowest BCUT2D eigenvalue weighted by Crippen LogP contribution is -2.32. The summed E-state index contributed by atoms with van der Waals surface area (Å²) in [6.45, 7) is 2.04. The van der Waals surface area contributed by atoms with Crippen molar-refractivity contribution in [3.8, 4) is 0 Å². The molecule has 0 unspecified atom stereocenters. The predicted molar refractivity (Wildman–Crippen MR) is 114 cm³/mol. The van der Waals surface area contributed by atoms with Crippen LogP contribution in [-0.2, 0) is 4.79 Å². The van der Waals surface area contributed by atoms with Gasteiger partial charge >= 0.3 is 0 Å². The van der Waals surface area contributed by atoms with E-state index in [0.717, 1.165) is 21.3 Å². The first kappa shape index (κ1) is 17.4. The highest BCUT2D eigenvalue weighted by molar-refractivity contribution is 9.10. The highest BCUT2D eigenvalue weighted by Gasteiger charge is 2.32. The minimum Gasteiger partial charge on any atom is -0.266 e. The number of benzene rings is 3. The second kappa shape index (κ2) is 7.33. The number of rotatable bonds is 3. The molecule has 4 heteroatoms. The van der Waals surface area contributed by atoms with Crippen LogP contribution < -0.4 is 4.90 Å². The average Bonchev–Trinajstić information content (AvgIpc) is 3.00. The topological polar surface area (TPSA) is 32.7 Å². The number of carbonyl (C=O) groups excluding carboxylic acids is 1. The Balaban J connectivity index is 1.82. The largest absolute Gasteiger partial charge is 0.282 e. The number of amides is 1. The van der Waals surface area contributed by atoms with Crippen molar-refractivity contribution in [3.05, 3.63) is 106 Å². The van der Waals surface area contributed by atoms with Crippen molar-refractivity contribution >= 4 is 39.4 Å². The summed E-state index contributed by atoms with van der Waals surface area (Å²) in [5, 5.41) is 0. The lowest BCUT2D eigenvalue weighted by molar-refractivity contribution is -0.113. The fourth-order valence-electron chi connectivity index (χ4n) is 2.95. The molecule has 132 valence electrons. The van der Waals surface area contributed by atoms with Crippen LogP contribution in [0.25, 0.3) is 6.08 Å². The minimum absolute atomic E-state index is 0.128. The summed E-state index contributed by atoms with van der Waals surface area (Å²) in [5.74, 6) is 0.515. The van der Waals surface area contributed by atoms with Crippen molar-refractivity contribution in [1.82, 2.24) is 0 Å². The molecule has 0 radical (unpaired) electrons. The summed E-state index contributed by atoms with van der Waals surface area (Å²) in [4.78, 5) is 19.5. The van der Waals surface area contributed by atoms with Crippen molar-refractivity contribution in [2.75, 3.05) is 4.90 Å². The molecule has 0 atom stereocenters. The van der Waals surface area contributed by atoms with Gasteiger partial charge in [-0.3, -0.25) is 9.69 Å². The third-order valence-corrected chi connectivity index (χ3v) is 4.89. The van der Waals surface area contributed by atoms with E-state index in [1.165, 1.54) is 5.56 Å². The molecule has 0 saturated carbocycles. The van der Waals surface area contributed by atoms with E-state index in [2.05, 4.69) is 20.9 Å². The first-order valence-electron chi connectivity index (χ1n) is 8.64. The highest BCUT2D eigenvalue weighted by Crippen LogP contribution is 2.29. The second-order valence-corrected chi connectivity index (χ2v) is 7.27. The molecule has 3 nitrogen and oxygen atoms in total. The molecule has 0 aliphatic carbocycles. The molecule has 0 saturated heterocycles. The van der Waals surface area contributed by atoms with Crippen LogP contribution in [0.3, 0.4) is 0 Å². The van der Waals surface area contributed by atoms with Crippen LogP contribution in [0.2, 0.25) is 0 Å². The van der Waals surface area contributed by atoms with E-state index in [4.69, 9.17) is 0 Å². The van der Waals surface area contributed by atoms with Crippen LogP contribution in [0.15, 0.2) is 94.0 Å². The zero-order valence-corrected chi connectivity index (χ0v) is 16.3. The Kier molecular flexibility index (Phi) is 4.73. The molecule has 0 fully saturated rings. The van der Waals surface area contributed by atoms with Crippen molar-refractivity contribution in [2.24, 2.45) is 4.99 Å². The van der Waals surface area contributed by atoms with E-state index < -0.39 is 0 Å². The molecule has 0 aromatic heterocycles. The Bertz CT molecular complexity index is 1040. The van der Waals surface area contributed by atoms with E-state index in [1.807, 2.05) is 91.9 Å². The second-order valence-electron chi connectivity index (χ2n) is 6.36. The normalized spacial score (nSPS) is 15.3. The number of nitrogens with zero attached hydrogens (tertiary/aromatic N) is 2. The Morgan fingerprint density at radius 3 is 2.22 bits per heavy atom. The Labute approximate surface area is 166 Å². The molecule has 3 aromatic carbocycles. The van der Waals surface area contributed by atoms with Gasteiger partial charge < -0.3 is 0 Å². The third-order valence-electron chi connectivity index (χ3n) is 4.36. The molecule has 1 aliphatic rings. The molecule has 0 spiro atoms. The summed E-state index contributed by atoms with van der Waals surface area (Å²) < 4.78 is 0.965. The average molecular weight is 417 g/mol. The van der Waals surface area contributed by atoms with Gasteiger partial charge in [-0.15, -0.1) is 0 Å². The van der Waals surface area contributed by atoms with Crippen molar-refractivity contribution < 1.29 is 4.79 Å². The molecule has 27 heavy (non-hydrogen) atoms. The summed E-state index contributed by atoms with van der Waals surface area (Å²) in [7, 11) is 0. The third kappa shape index (κ3) is 3.62. The number of halogens is 1. The molecule has 4 rings (SSSR count). The maximum absolute atomic E-state index is 13.2. The van der Waals surface area contributed by atoms with Crippen molar-refractivity contribution in [3.63, 3.8) is 0 Å². The number of anilines is 1. The number of hydrogen-bond acceptors (Lipinski definition) is 2. The van der Waals surface area contributed by atoms with E-state index in [1.54, 1.807) is 4.90 Å². The first-order chi connectivity index (χ1) is 13.1. The summed E-state index contributed by atoms with van der Waals surface area (Å²) in [6, 6.07) is 25.5. The SMILES string of the molecule is Cc1ccc(C2=NC(=Cc3ccccc3)C(=O)N2c2ccc(Br)cc2)cc1. The molecule has 0 N–H and O–H groups in total. The zero-order valence-electron chi connectivity index (χ0n) is 14.8. The summed E-state index contributed by atoms with van der Waals surface area (Å²) in [6.07, 6.45) is 1.83. The Morgan fingerprint density at radius 1 is 0.889 bits per heavy atom. The van der Waals surface area contributed by atoms with Gasteiger partial charge in [0.2, 0.25) is 0 Å². The maximum atomic E-state index is 13.2. The van der Waals surface area contributed by atoms with Crippen LogP contribution in [0.4, 0.5) is 5.69 Å². The van der Waals surface area contributed by atoms with Crippen molar-refractivity contribution in [2.45, 2.75) is 6.92 Å². The van der Waals surface area contributed by atoms with Gasteiger partial charge in [-0.2, -0.15) is 0 Å². The van der Waals surface area contributed by atoms with E-state index in [-0.39, 0.29) is 5.91 Å². The molecule has 0 bridgehead atoms. The van der Waals surface area contributed by atoms with Crippen LogP contribution in [0.1, 0.15) is 16.7 Å². The predicted octanol–water partition coefficient (Wildman–Crippen LogP) is 5.59. The standard InChI is InChI=1S/C23H17BrN2O/c1-16-7-9-18(10-8-16)22-25-21(15-17-5-3-2-4-6-17)23(27)26(22)20-13-11-19(24)12-14-20/h2-15H,1H3. The van der Waals surface area contributed by atoms with Gasteiger partial charge in [-0.1, -0.05) is 76.1 Å².